The summed E-state index contributed by atoms with van der Waals surface area (Å²) in [6.07, 6.45) is 3.48. The highest BCUT2D eigenvalue weighted by molar-refractivity contribution is 5.94. The van der Waals surface area contributed by atoms with E-state index in [2.05, 4.69) is 6.92 Å². The van der Waals surface area contributed by atoms with Crippen molar-refractivity contribution >= 4 is 11.9 Å². The number of carbonyl (C=O) groups is 2. The Bertz CT molecular complexity index is 425. The predicted octanol–water partition coefficient (Wildman–Crippen LogP) is 3.31. The van der Waals surface area contributed by atoms with Crippen molar-refractivity contribution < 1.29 is 19.1 Å². The van der Waals surface area contributed by atoms with Crippen LogP contribution in [0.2, 0.25) is 0 Å². The first-order valence-electron chi connectivity index (χ1n) is 7.34. The van der Waals surface area contributed by atoms with Crippen LogP contribution in [-0.2, 0) is 19.1 Å². The molecule has 1 atom stereocenters. The normalized spacial score (nSPS) is 12.0. The quantitative estimate of drug-likeness (QED) is 0.545. The lowest BCUT2D eigenvalue weighted by Crippen LogP contribution is -2.28. The summed E-state index contributed by atoms with van der Waals surface area (Å²) in [5.74, 6) is -1.77. The van der Waals surface area contributed by atoms with E-state index in [9.17, 15) is 9.59 Å². The summed E-state index contributed by atoms with van der Waals surface area (Å²) in [6, 6.07) is 9.97. The van der Waals surface area contributed by atoms with Crippen LogP contribution in [0.3, 0.4) is 0 Å². The smallest absolute Gasteiger partial charge is 0.320 e. The second-order valence-electron chi connectivity index (χ2n) is 5.08. The lowest BCUT2D eigenvalue weighted by Gasteiger charge is -2.21. The van der Waals surface area contributed by atoms with Gasteiger partial charge in [0.15, 0.2) is 5.92 Å². The molecule has 0 saturated heterocycles. The van der Waals surface area contributed by atoms with Crippen molar-refractivity contribution in [2.24, 2.45) is 5.92 Å². The summed E-state index contributed by atoms with van der Waals surface area (Å²) in [5, 5.41) is 0. The van der Waals surface area contributed by atoms with E-state index in [1.165, 1.54) is 14.2 Å². The first-order valence-corrected chi connectivity index (χ1v) is 7.34. The molecule has 4 heteroatoms. The van der Waals surface area contributed by atoms with Crippen molar-refractivity contribution in [1.29, 1.82) is 0 Å². The topological polar surface area (TPSA) is 52.6 Å². The van der Waals surface area contributed by atoms with Gasteiger partial charge in [-0.25, -0.2) is 0 Å². The number of esters is 2. The molecule has 0 heterocycles. The summed E-state index contributed by atoms with van der Waals surface area (Å²) in [7, 11) is 2.59. The number of unbranched alkanes of at least 4 members (excludes halogenated alkanes) is 1. The average Bonchev–Trinajstić information content (AvgIpc) is 2.54. The SMILES string of the molecule is CCCC[C@@H](CC(C(=O)OC)C(=O)OC)c1ccccc1. The molecular weight excluding hydrogens is 268 g/mol. The Balaban J connectivity index is 2.91. The first kappa shape index (κ1) is 17.2. The maximum atomic E-state index is 11.8. The van der Waals surface area contributed by atoms with Crippen LogP contribution < -0.4 is 0 Å². The minimum Gasteiger partial charge on any atom is -0.468 e. The van der Waals surface area contributed by atoms with Gasteiger partial charge in [-0.15, -0.1) is 0 Å². The molecule has 0 saturated carbocycles. The summed E-state index contributed by atoms with van der Waals surface area (Å²) in [6.45, 7) is 2.13. The molecule has 0 amide bonds. The van der Waals surface area contributed by atoms with Gasteiger partial charge in [0.05, 0.1) is 14.2 Å². The van der Waals surface area contributed by atoms with Crippen LogP contribution in [0, 0.1) is 5.92 Å². The molecule has 0 N–H and O–H groups in total. The molecule has 21 heavy (non-hydrogen) atoms. The second-order valence-corrected chi connectivity index (χ2v) is 5.08. The van der Waals surface area contributed by atoms with E-state index >= 15 is 0 Å². The fourth-order valence-electron chi connectivity index (χ4n) is 2.45. The Hall–Kier alpha value is -1.84. The molecular formula is C17H24O4. The molecule has 0 aromatic heterocycles. The predicted molar refractivity (Wildman–Crippen MR) is 80.8 cm³/mol. The van der Waals surface area contributed by atoms with Crippen LogP contribution in [0.25, 0.3) is 0 Å². The fraction of sp³-hybridized carbons (Fsp3) is 0.529. The molecule has 0 radical (unpaired) electrons. The Morgan fingerprint density at radius 2 is 1.62 bits per heavy atom. The van der Waals surface area contributed by atoms with Gasteiger partial charge in [0.25, 0.3) is 0 Å². The Morgan fingerprint density at radius 1 is 1.05 bits per heavy atom. The number of hydrogen-bond donors (Lipinski definition) is 0. The third-order valence-corrected chi connectivity index (χ3v) is 3.67. The molecule has 1 aromatic rings. The Labute approximate surface area is 126 Å². The van der Waals surface area contributed by atoms with Gasteiger partial charge in [-0.3, -0.25) is 9.59 Å². The number of benzene rings is 1. The van der Waals surface area contributed by atoms with Crippen molar-refractivity contribution in [3.8, 4) is 0 Å². The molecule has 116 valence electrons. The Kier molecular flexibility index (Phi) is 7.51. The lowest BCUT2D eigenvalue weighted by atomic mass is 9.85. The molecule has 1 rings (SSSR count). The summed E-state index contributed by atoms with van der Waals surface area (Å²) < 4.78 is 9.47. The molecule has 1 aromatic carbocycles. The summed E-state index contributed by atoms with van der Waals surface area (Å²) in [5.41, 5.74) is 1.14. The zero-order valence-electron chi connectivity index (χ0n) is 13.0. The number of hydrogen-bond acceptors (Lipinski definition) is 4. The minimum atomic E-state index is -0.859. The fourth-order valence-corrected chi connectivity index (χ4v) is 2.45. The van der Waals surface area contributed by atoms with Gasteiger partial charge >= 0.3 is 11.9 Å². The largest absolute Gasteiger partial charge is 0.468 e. The minimum absolute atomic E-state index is 0.148. The van der Waals surface area contributed by atoms with E-state index in [1.54, 1.807) is 0 Å². The van der Waals surface area contributed by atoms with Gasteiger partial charge in [-0.1, -0.05) is 50.1 Å². The van der Waals surface area contributed by atoms with Crippen LogP contribution in [0.1, 0.15) is 44.1 Å². The molecule has 0 fully saturated rings. The van der Waals surface area contributed by atoms with Gasteiger partial charge in [0.2, 0.25) is 0 Å². The van der Waals surface area contributed by atoms with Crippen molar-refractivity contribution in [3.63, 3.8) is 0 Å². The molecule has 0 unspecified atom stereocenters. The van der Waals surface area contributed by atoms with Crippen LogP contribution in [-0.4, -0.2) is 26.2 Å². The molecule has 0 aliphatic rings. The van der Waals surface area contributed by atoms with Crippen molar-refractivity contribution in [2.45, 2.75) is 38.5 Å². The highest BCUT2D eigenvalue weighted by atomic mass is 16.5. The van der Waals surface area contributed by atoms with E-state index in [1.807, 2.05) is 30.3 Å². The monoisotopic (exact) mass is 292 g/mol. The maximum Gasteiger partial charge on any atom is 0.320 e. The third kappa shape index (κ3) is 5.21. The van der Waals surface area contributed by atoms with Gasteiger partial charge in [0, 0.05) is 0 Å². The van der Waals surface area contributed by atoms with Gasteiger partial charge < -0.3 is 9.47 Å². The molecule has 0 spiro atoms. The molecule has 4 nitrogen and oxygen atoms in total. The van der Waals surface area contributed by atoms with Gasteiger partial charge in [0.1, 0.15) is 0 Å². The van der Waals surface area contributed by atoms with E-state index in [0.29, 0.717) is 6.42 Å². The van der Waals surface area contributed by atoms with Crippen LogP contribution in [0.15, 0.2) is 30.3 Å². The van der Waals surface area contributed by atoms with Crippen molar-refractivity contribution in [1.82, 2.24) is 0 Å². The second kappa shape index (κ2) is 9.16. The maximum absolute atomic E-state index is 11.8. The summed E-state index contributed by atoms with van der Waals surface area (Å²) in [4.78, 5) is 23.7. The van der Waals surface area contributed by atoms with Crippen LogP contribution >= 0.6 is 0 Å². The molecule has 0 aliphatic heterocycles. The van der Waals surface area contributed by atoms with E-state index in [4.69, 9.17) is 9.47 Å². The van der Waals surface area contributed by atoms with E-state index < -0.39 is 17.9 Å². The van der Waals surface area contributed by atoms with Crippen molar-refractivity contribution in [3.05, 3.63) is 35.9 Å². The lowest BCUT2D eigenvalue weighted by molar-refractivity contribution is -0.159. The number of methoxy groups -OCH3 is 2. The highest BCUT2D eigenvalue weighted by Gasteiger charge is 2.31. The number of carbonyl (C=O) groups excluding carboxylic acids is 2. The van der Waals surface area contributed by atoms with Crippen LogP contribution in [0.5, 0.6) is 0 Å². The average molecular weight is 292 g/mol. The standard InChI is InChI=1S/C17H24O4/c1-4-5-9-14(13-10-7-6-8-11-13)12-15(16(18)20-2)17(19)21-3/h6-8,10-11,14-15H,4-5,9,12H2,1-3H3/t14-/m0/s1. The first-order chi connectivity index (χ1) is 10.1. The summed E-state index contributed by atoms with van der Waals surface area (Å²) >= 11 is 0. The Morgan fingerprint density at radius 3 is 2.10 bits per heavy atom. The molecule has 0 bridgehead atoms. The zero-order chi connectivity index (χ0) is 15.7. The molecule has 0 aliphatic carbocycles. The number of ether oxygens (including phenoxy) is 2. The highest BCUT2D eigenvalue weighted by Crippen LogP contribution is 2.30. The van der Waals surface area contributed by atoms with Gasteiger partial charge in [-0.05, 0) is 24.3 Å². The third-order valence-electron chi connectivity index (χ3n) is 3.67. The van der Waals surface area contributed by atoms with E-state index in [-0.39, 0.29) is 5.92 Å². The van der Waals surface area contributed by atoms with Crippen molar-refractivity contribution in [2.75, 3.05) is 14.2 Å². The van der Waals surface area contributed by atoms with Crippen LogP contribution in [0.4, 0.5) is 0 Å². The number of rotatable bonds is 8. The van der Waals surface area contributed by atoms with E-state index in [0.717, 1.165) is 24.8 Å². The zero-order valence-corrected chi connectivity index (χ0v) is 13.0. The van der Waals surface area contributed by atoms with Gasteiger partial charge in [-0.2, -0.15) is 0 Å².